The number of hydrogen-bond donors (Lipinski definition) is 2. The summed E-state index contributed by atoms with van der Waals surface area (Å²) in [6.45, 7) is 8.39. The molecule has 0 amide bonds. The van der Waals surface area contributed by atoms with E-state index in [1.54, 1.807) is 5.57 Å². The zero-order valence-electron chi connectivity index (χ0n) is 19.6. The molecule has 30 heavy (non-hydrogen) atoms. The van der Waals surface area contributed by atoms with Gasteiger partial charge in [-0.25, -0.2) is 0 Å². The van der Waals surface area contributed by atoms with Gasteiger partial charge in [-0.15, -0.1) is 0 Å². The molecule has 3 rings (SSSR count). The maximum absolute atomic E-state index is 10.6. The van der Waals surface area contributed by atoms with Crippen molar-refractivity contribution in [1.29, 1.82) is 0 Å². The van der Waals surface area contributed by atoms with E-state index in [1.807, 2.05) is 6.08 Å². The van der Waals surface area contributed by atoms with Crippen LogP contribution in [0.1, 0.15) is 90.9 Å². The highest BCUT2D eigenvalue weighted by Crippen LogP contribution is 2.48. The molecule has 2 N–H and O–H groups in total. The number of nitrogens with zero attached hydrogens (tertiary/aromatic N) is 1. The second kappa shape index (κ2) is 12.4. The molecule has 0 unspecified atom stereocenters. The zero-order valence-corrected chi connectivity index (χ0v) is 19.6. The molecule has 2 fully saturated rings. The topological polar surface area (TPSA) is 43.7 Å². The number of unbranched alkanes of at least 4 members (excludes halogenated alkanes) is 3. The monoisotopic (exact) mass is 417 g/mol. The van der Waals surface area contributed by atoms with Crippen molar-refractivity contribution in [3.8, 4) is 0 Å². The first-order valence-corrected chi connectivity index (χ1v) is 13.0. The normalized spacial score (nSPS) is 31.4. The molecule has 0 aromatic rings. The van der Waals surface area contributed by atoms with Crippen LogP contribution < -0.4 is 0 Å². The first-order valence-electron chi connectivity index (χ1n) is 13.0. The molecule has 1 saturated heterocycles. The molecule has 6 atom stereocenters. The van der Waals surface area contributed by atoms with E-state index < -0.39 is 0 Å². The van der Waals surface area contributed by atoms with Crippen LogP contribution in [0, 0.1) is 23.7 Å². The van der Waals surface area contributed by atoms with Crippen LogP contribution in [-0.4, -0.2) is 47.0 Å². The van der Waals surface area contributed by atoms with Crippen molar-refractivity contribution in [2.24, 2.45) is 23.7 Å². The Balaban J connectivity index is 1.36. The summed E-state index contributed by atoms with van der Waals surface area (Å²) in [5.41, 5.74) is 1.63. The van der Waals surface area contributed by atoms with Gasteiger partial charge in [0, 0.05) is 5.92 Å². The molecule has 0 radical (unpaired) electrons. The molecule has 0 aromatic carbocycles. The van der Waals surface area contributed by atoms with Gasteiger partial charge in [0.1, 0.15) is 0 Å². The van der Waals surface area contributed by atoms with Crippen molar-refractivity contribution in [2.45, 2.75) is 103 Å². The van der Waals surface area contributed by atoms with Gasteiger partial charge in [-0.1, -0.05) is 63.3 Å². The Bertz CT molecular complexity index is 551. The van der Waals surface area contributed by atoms with Gasteiger partial charge in [0.2, 0.25) is 0 Å². The zero-order chi connectivity index (χ0) is 21.3. The minimum atomic E-state index is -0.368. The van der Waals surface area contributed by atoms with E-state index in [0.29, 0.717) is 17.8 Å². The Morgan fingerprint density at radius 2 is 1.97 bits per heavy atom. The summed E-state index contributed by atoms with van der Waals surface area (Å²) in [6, 6.07) is 0. The second-order valence-corrected chi connectivity index (χ2v) is 10.5. The molecule has 1 aliphatic heterocycles. The number of aliphatic hydroxyl groups is 2. The lowest BCUT2D eigenvalue weighted by molar-refractivity contribution is 0.139. The van der Waals surface area contributed by atoms with Crippen LogP contribution in [0.3, 0.4) is 0 Å². The van der Waals surface area contributed by atoms with Crippen molar-refractivity contribution in [3.05, 3.63) is 23.8 Å². The molecule has 3 heteroatoms. The van der Waals surface area contributed by atoms with Gasteiger partial charge >= 0.3 is 0 Å². The smallest absolute Gasteiger partial charge is 0.0723 e. The summed E-state index contributed by atoms with van der Waals surface area (Å²) in [5, 5.41) is 21.0. The molecule has 1 heterocycles. The number of rotatable bonds is 13. The van der Waals surface area contributed by atoms with Gasteiger partial charge in [-0.2, -0.15) is 0 Å². The third-order valence-electron chi connectivity index (χ3n) is 7.87. The minimum Gasteiger partial charge on any atom is -0.392 e. The molecule has 0 spiro atoms. The van der Waals surface area contributed by atoms with E-state index in [0.717, 1.165) is 19.3 Å². The summed E-state index contributed by atoms with van der Waals surface area (Å²) in [4.78, 5) is 2.62. The van der Waals surface area contributed by atoms with Crippen LogP contribution in [0.25, 0.3) is 0 Å². The standard InChI is InChI=1S/C27H47NO2/c1-3-4-10-21(2)17-24(29)12-13-25-26-19-22(18-23(26)20-27(25)30)11-6-5-7-14-28-15-8-9-16-28/h12-13,18,21,23-27,29-30H,3-11,14-17,19-20H2,1-2H3/b13-12+/t21-,23-,24+,25+,26-,27+/m0/s1. The first kappa shape index (κ1) is 24.0. The maximum atomic E-state index is 10.6. The van der Waals surface area contributed by atoms with Gasteiger partial charge in [-0.3, -0.25) is 0 Å². The van der Waals surface area contributed by atoms with Gasteiger partial charge in [0.05, 0.1) is 12.2 Å². The highest BCUT2D eigenvalue weighted by molar-refractivity contribution is 5.21. The van der Waals surface area contributed by atoms with Gasteiger partial charge in [0.15, 0.2) is 0 Å². The largest absolute Gasteiger partial charge is 0.392 e. The van der Waals surface area contributed by atoms with Crippen molar-refractivity contribution < 1.29 is 10.2 Å². The summed E-state index contributed by atoms with van der Waals surface area (Å²) in [5.74, 6) is 1.89. The fourth-order valence-corrected chi connectivity index (χ4v) is 6.08. The Labute approximate surface area is 185 Å². The Morgan fingerprint density at radius 3 is 2.73 bits per heavy atom. The predicted octanol–water partition coefficient (Wildman–Crippen LogP) is 5.72. The number of allylic oxidation sites excluding steroid dienone is 2. The third kappa shape index (κ3) is 7.21. The maximum Gasteiger partial charge on any atom is 0.0723 e. The minimum absolute atomic E-state index is 0.222. The van der Waals surface area contributed by atoms with Gasteiger partial charge in [0.25, 0.3) is 0 Å². The number of aliphatic hydroxyl groups excluding tert-OH is 2. The number of likely N-dealkylation sites (tertiary alicyclic amines) is 1. The molecular formula is C27H47NO2. The van der Waals surface area contributed by atoms with E-state index in [-0.39, 0.29) is 18.1 Å². The van der Waals surface area contributed by atoms with E-state index in [2.05, 4.69) is 30.9 Å². The molecule has 1 saturated carbocycles. The number of hydrogen-bond acceptors (Lipinski definition) is 3. The van der Waals surface area contributed by atoms with Gasteiger partial charge in [-0.05, 0) is 88.8 Å². The lowest BCUT2D eigenvalue weighted by Gasteiger charge is -2.19. The second-order valence-electron chi connectivity index (χ2n) is 10.5. The van der Waals surface area contributed by atoms with Crippen LogP contribution in [0.2, 0.25) is 0 Å². The average Bonchev–Trinajstić information content (AvgIpc) is 3.42. The Kier molecular flexibility index (Phi) is 9.93. The summed E-state index contributed by atoms with van der Waals surface area (Å²) in [7, 11) is 0. The summed E-state index contributed by atoms with van der Waals surface area (Å²) < 4.78 is 0. The SMILES string of the molecule is CCCC[C@H](C)C[C@H](O)/C=C/[C@@H]1[C@H]2CC(CCCCCN3CCCC3)=C[C@H]2C[C@H]1O. The van der Waals surface area contributed by atoms with Crippen LogP contribution in [-0.2, 0) is 0 Å². The van der Waals surface area contributed by atoms with Crippen molar-refractivity contribution in [2.75, 3.05) is 19.6 Å². The molecule has 0 aromatic heterocycles. The Hall–Kier alpha value is -0.640. The first-order chi connectivity index (χ1) is 14.6. The molecule has 3 nitrogen and oxygen atoms in total. The summed E-state index contributed by atoms with van der Waals surface area (Å²) >= 11 is 0. The predicted molar refractivity (Wildman–Crippen MR) is 126 cm³/mol. The van der Waals surface area contributed by atoms with Crippen molar-refractivity contribution >= 4 is 0 Å². The van der Waals surface area contributed by atoms with Crippen molar-refractivity contribution in [1.82, 2.24) is 4.90 Å². The van der Waals surface area contributed by atoms with Crippen LogP contribution in [0.15, 0.2) is 23.8 Å². The van der Waals surface area contributed by atoms with E-state index in [4.69, 9.17) is 0 Å². The van der Waals surface area contributed by atoms with Crippen LogP contribution >= 0.6 is 0 Å². The lowest BCUT2D eigenvalue weighted by atomic mass is 9.88. The van der Waals surface area contributed by atoms with Gasteiger partial charge < -0.3 is 15.1 Å². The molecule has 2 aliphatic carbocycles. The van der Waals surface area contributed by atoms with Crippen LogP contribution in [0.4, 0.5) is 0 Å². The molecule has 3 aliphatic rings. The number of fused-ring (bicyclic) bond motifs is 1. The molecule has 0 bridgehead atoms. The van der Waals surface area contributed by atoms with E-state index in [9.17, 15) is 10.2 Å². The van der Waals surface area contributed by atoms with Crippen molar-refractivity contribution in [3.63, 3.8) is 0 Å². The highest BCUT2D eigenvalue weighted by atomic mass is 16.3. The molecular weight excluding hydrogens is 370 g/mol. The lowest BCUT2D eigenvalue weighted by Crippen LogP contribution is -2.20. The van der Waals surface area contributed by atoms with Crippen LogP contribution in [0.5, 0.6) is 0 Å². The van der Waals surface area contributed by atoms with E-state index >= 15 is 0 Å². The fraction of sp³-hybridized carbons (Fsp3) is 0.852. The summed E-state index contributed by atoms with van der Waals surface area (Å²) in [6.07, 6.45) is 20.6. The molecule has 172 valence electrons. The third-order valence-corrected chi connectivity index (χ3v) is 7.87. The quantitative estimate of drug-likeness (QED) is 0.297. The van der Waals surface area contributed by atoms with E-state index in [1.165, 1.54) is 77.4 Å². The fourth-order valence-electron chi connectivity index (χ4n) is 6.08. The Morgan fingerprint density at radius 1 is 1.17 bits per heavy atom. The average molecular weight is 418 g/mol. The highest BCUT2D eigenvalue weighted by Gasteiger charge is 2.43.